The van der Waals surface area contributed by atoms with Crippen LogP contribution in [0.4, 0.5) is 0 Å². The number of aryl methyl sites for hydroxylation is 2. The molecule has 4 heterocycles. The van der Waals surface area contributed by atoms with E-state index in [1.54, 1.807) is 6.33 Å². The molecule has 0 atom stereocenters. The van der Waals surface area contributed by atoms with E-state index in [-0.39, 0.29) is 0 Å². The highest BCUT2D eigenvalue weighted by Crippen LogP contribution is 2.38. The van der Waals surface area contributed by atoms with E-state index in [1.165, 1.54) is 46.1 Å². The van der Waals surface area contributed by atoms with Gasteiger partial charge in [-0.05, 0) is 87.0 Å². The first-order valence-electron chi connectivity index (χ1n) is 11.8. The maximum Gasteiger partial charge on any atom is 0.0923 e. The van der Waals surface area contributed by atoms with Gasteiger partial charge in [0.05, 0.1) is 17.7 Å². The Morgan fingerprint density at radius 1 is 1.06 bits per heavy atom. The van der Waals surface area contributed by atoms with Crippen LogP contribution in [0.25, 0.3) is 22.2 Å². The number of rotatable bonds is 5. The van der Waals surface area contributed by atoms with Crippen molar-refractivity contribution in [2.24, 2.45) is 0 Å². The third-order valence-corrected chi connectivity index (χ3v) is 6.81. The fraction of sp³-hybridized carbons (Fsp3) is 0.407. The first-order valence-corrected chi connectivity index (χ1v) is 11.8. The van der Waals surface area contributed by atoms with Crippen molar-refractivity contribution in [1.29, 1.82) is 0 Å². The Morgan fingerprint density at radius 3 is 2.47 bits per heavy atom. The molecule has 3 aromatic heterocycles. The number of aromatic nitrogens is 4. The lowest BCUT2D eigenvalue weighted by molar-refractivity contribution is 0.203. The molecule has 1 aliphatic rings. The third-order valence-electron chi connectivity index (χ3n) is 6.81. The van der Waals surface area contributed by atoms with Crippen LogP contribution >= 0.6 is 0 Å². The number of fused-ring (bicyclic) bond motifs is 1. The largest absolute Gasteiger partial charge is 0.354 e. The fourth-order valence-electron chi connectivity index (χ4n) is 5.32. The molecule has 1 aromatic carbocycles. The van der Waals surface area contributed by atoms with Crippen molar-refractivity contribution in [1.82, 2.24) is 24.8 Å². The number of nitrogens with zero attached hydrogens (tertiary/aromatic N) is 3. The average Bonchev–Trinajstić information content (AvgIpc) is 3.40. The lowest BCUT2D eigenvalue weighted by Gasteiger charge is -2.31. The number of hydrogen-bond acceptors (Lipinski definition) is 3. The van der Waals surface area contributed by atoms with E-state index in [0.717, 1.165) is 36.7 Å². The minimum atomic E-state index is 0.443. The van der Waals surface area contributed by atoms with Gasteiger partial charge in [-0.25, -0.2) is 4.98 Å². The van der Waals surface area contributed by atoms with Crippen LogP contribution in [0.3, 0.4) is 0 Å². The van der Waals surface area contributed by atoms with E-state index in [2.05, 4.69) is 82.9 Å². The number of H-pyrrole nitrogens is 2. The summed E-state index contributed by atoms with van der Waals surface area (Å²) in [5, 5.41) is 1.37. The van der Waals surface area contributed by atoms with Gasteiger partial charge in [-0.1, -0.05) is 19.9 Å². The highest BCUT2D eigenvalue weighted by atomic mass is 15.1. The summed E-state index contributed by atoms with van der Waals surface area (Å²) in [6.07, 6.45) is 6.17. The molecule has 1 fully saturated rings. The van der Waals surface area contributed by atoms with Crippen molar-refractivity contribution >= 4 is 10.9 Å². The summed E-state index contributed by atoms with van der Waals surface area (Å²) in [4.78, 5) is 18.3. The molecule has 0 radical (unpaired) electrons. The number of aromatic amines is 2. The van der Waals surface area contributed by atoms with Crippen LogP contribution in [0.1, 0.15) is 66.7 Å². The van der Waals surface area contributed by atoms with E-state index in [4.69, 9.17) is 0 Å². The summed E-state index contributed by atoms with van der Waals surface area (Å²) in [7, 11) is 0. The van der Waals surface area contributed by atoms with Crippen LogP contribution in [-0.4, -0.2) is 37.9 Å². The second-order valence-corrected chi connectivity index (χ2v) is 9.62. The first-order chi connectivity index (χ1) is 15.5. The molecular formula is C27H33N5. The van der Waals surface area contributed by atoms with Crippen LogP contribution in [-0.2, 0) is 6.54 Å². The normalized spacial score (nSPS) is 15.8. The Morgan fingerprint density at radius 2 is 1.81 bits per heavy atom. The van der Waals surface area contributed by atoms with E-state index in [9.17, 15) is 0 Å². The molecule has 5 rings (SSSR count). The van der Waals surface area contributed by atoms with Crippen molar-refractivity contribution in [2.75, 3.05) is 13.1 Å². The Hall–Kier alpha value is -2.92. The minimum absolute atomic E-state index is 0.443. The molecule has 0 saturated carbocycles. The quantitative estimate of drug-likeness (QED) is 0.406. The summed E-state index contributed by atoms with van der Waals surface area (Å²) < 4.78 is 0. The number of benzene rings is 1. The molecule has 2 N–H and O–H groups in total. The maximum absolute atomic E-state index is 4.57. The van der Waals surface area contributed by atoms with Gasteiger partial charge in [-0.15, -0.1) is 0 Å². The molecular weight excluding hydrogens is 394 g/mol. The van der Waals surface area contributed by atoms with Crippen LogP contribution in [0.5, 0.6) is 0 Å². The van der Waals surface area contributed by atoms with Gasteiger partial charge in [-0.3, -0.25) is 9.88 Å². The summed E-state index contributed by atoms with van der Waals surface area (Å²) in [5.41, 5.74) is 9.88. The molecule has 5 nitrogen and oxygen atoms in total. The van der Waals surface area contributed by atoms with E-state index in [0.29, 0.717) is 11.8 Å². The average molecular weight is 428 g/mol. The summed E-state index contributed by atoms with van der Waals surface area (Å²) in [5.74, 6) is 1.07. The molecule has 0 unspecified atom stereocenters. The number of nitrogens with one attached hydrogen (secondary N) is 2. The molecule has 5 heteroatoms. The highest BCUT2D eigenvalue weighted by Gasteiger charge is 2.23. The lowest BCUT2D eigenvalue weighted by Crippen LogP contribution is -2.32. The summed E-state index contributed by atoms with van der Waals surface area (Å²) in [6, 6.07) is 11.5. The fourth-order valence-corrected chi connectivity index (χ4v) is 5.32. The smallest absolute Gasteiger partial charge is 0.0923 e. The molecule has 166 valence electrons. The zero-order valence-electron chi connectivity index (χ0n) is 19.6. The Bertz CT molecular complexity index is 1190. The van der Waals surface area contributed by atoms with Gasteiger partial charge in [-0.2, -0.15) is 0 Å². The first kappa shape index (κ1) is 21.0. The third kappa shape index (κ3) is 4.09. The van der Waals surface area contributed by atoms with E-state index >= 15 is 0 Å². The van der Waals surface area contributed by atoms with Gasteiger partial charge in [0.2, 0.25) is 0 Å². The number of hydrogen-bond donors (Lipinski definition) is 2. The molecule has 32 heavy (non-hydrogen) atoms. The van der Waals surface area contributed by atoms with E-state index < -0.39 is 0 Å². The SMILES string of the molecule is Cc1cc(-c2[nH]c3ccc(C4CCN(Cc5c[nH]cn5)CC4)cc3c2C(C)C)cc(C)n1. The van der Waals surface area contributed by atoms with Gasteiger partial charge in [0, 0.05) is 40.6 Å². The second kappa shape index (κ2) is 8.55. The zero-order chi connectivity index (χ0) is 22.2. The summed E-state index contributed by atoms with van der Waals surface area (Å²) >= 11 is 0. The monoisotopic (exact) mass is 427 g/mol. The molecule has 0 spiro atoms. The van der Waals surface area contributed by atoms with Gasteiger partial charge in [0.25, 0.3) is 0 Å². The van der Waals surface area contributed by atoms with Crippen LogP contribution in [0.15, 0.2) is 42.9 Å². The number of likely N-dealkylation sites (tertiary alicyclic amines) is 1. The van der Waals surface area contributed by atoms with Gasteiger partial charge in [0.1, 0.15) is 0 Å². The standard InChI is InChI=1S/C27H33N5/c1-17(2)26-24-13-21(20-7-9-32(10-8-20)15-23-14-28-16-29-23)5-6-25(24)31-27(26)22-11-18(3)30-19(4)12-22/h5-6,11-14,16-17,20,31H,7-10,15H2,1-4H3,(H,28,29). The Kier molecular flexibility index (Phi) is 5.60. The maximum atomic E-state index is 4.57. The van der Waals surface area contributed by atoms with Gasteiger partial charge >= 0.3 is 0 Å². The lowest BCUT2D eigenvalue weighted by atomic mass is 9.87. The number of imidazole rings is 1. The van der Waals surface area contributed by atoms with Crippen LogP contribution in [0, 0.1) is 13.8 Å². The molecule has 0 aliphatic carbocycles. The highest BCUT2D eigenvalue weighted by molar-refractivity contribution is 5.92. The molecule has 1 aliphatic heterocycles. The second-order valence-electron chi connectivity index (χ2n) is 9.62. The van der Waals surface area contributed by atoms with Gasteiger partial charge in [0.15, 0.2) is 0 Å². The minimum Gasteiger partial charge on any atom is -0.354 e. The summed E-state index contributed by atoms with van der Waals surface area (Å²) in [6.45, 7) is 11.9. The van der Waals surface area contributed by atoms with Crippen molar-refractivity contribution < 1.29 is 0 Å². The Balaban J connectivity index is 1.43. The molecule has 4 aromatic rings. The number of pyridine rings is 1. The van der Waals surface area contributed by atoms with Crippen molar-refractivity contribution in [3.63, 3.8) is 0 Å². The number of piperidine rings is 1. The topological polar surface area (TPSA) is 60.6 Å². The molecule has 1 saturated heterocycles. The predicted octanol–water partition coefficient (Wildman–Crippen LogP) is 6.07. The van der Waals surface area contributed by atoms with Crippen molar-refractivity contribution in [3.8, 4) is 11.3 Å². The van der Waals surface area contributed by atoms with Crippen LogP contribution < -0.4 is 0 Å². The van der Waals surface area contributed by atoms with Crippen LogP contribution in [0.2, 0.25) is 0 Å². The van der Waals surface area contributed by atoms with Crippen molar-refractivity contribution in [3.05, 3.63) is 71.1 Å². The molecule has 0 bridgehead atoms. The Labute approximate surface area is 190 Å². The van der Waals surface area contributed by atoms with Crippen molar-refractivity contribution in [2.45, 2.75) is 58.9 Å². The van der Waals surface area contributed by atoms with E-state index in [1.807, 2.05) is 6.20 Å². The molecule has 0 amide bonds. The zero-order valence-corrected chi connectivity index (χ0v) is 19.6. The van der Waals surface area contributed by atoms with Gasteiger partial charge < -0.3 is 9.97 Å². The predicted molar refractivity (Wildman–Crippen MR) is 131 cm³/mol.